The van der Waals surface area contributed by atoms with Gasteiger partial charge < -0.3 is 15.1 Å². The number of phenolic OH excluding ortho intramolecular Hbond substituents is 2. The molecule has 31 heavy (non-hydrogen) atoms. The normalized spacial score (nSPS) is 17.6. The van der Waals surface area contributed by atoms with Crippen molar-refractivity contribution in [1.29, 1.82) is 0 Å². The molecule has 0 fully saturated rings. The van der Waals surface area contributed by atoms with E-state index in [9.17, 15) is 15.0 Å². The summed E-state index contributed by atoms with van der Waals surface area (Å²) in [5.74, 6) is -0.143. The van der Waals surface area contributed by atoms with Crippen molar-refractivity contribution in [3.63, 3.8) is 0 Å². The van der Waals surface area contributed by atoms with Gasteiger partial charge in [0.05, 0.1) is 0 Å². The molecule has 166 valence electrons. The summed E-state index contributed by atoms with van der Waals surface area (Å²) in [4.78, 5) is 14.3. The largest absolute Gasteiger partial charge is 0.504 e. The second kappa shape index (κ2) is 10.3. The van der Waals surface area contributed by atoms with E-state index in [1.165, 1.54) is 12.1 Å². The van der Waals surface area contributed by atoms with Gasteiger partial charge in [-0.3, -0.25) is 4.79 Å². The number of rotatable bonds is 6. The summed E-state index contributed by atoms with van der Waals surface area (Å²) in [5, 5.41) is 19.0. The molecule has 0 bridgehead atoms. The van der Waals surface area contributed by atoms with E-state index in [4.69, 9.17) is 0 Å². The van der Waals surface area contributed by atoms with Gasteiger partial charge in [-0.25, -0.2) is 0 Å². The Labute approximate surface area is 186 Å². The number of amides is 1. The van der Waals surface area contributed by atoms with Crippen molar-refractivity contribution in [1.82, 2.24) is 4.90 Å². The molecule has 0 unspecified atom stereocenters. The zero-order chi connectivity index (χ0) is 23.2. The van der Waals surface area contributed by atoms with Crippen LogP contribution in [0.2, 0.25) is 0 Å². The molecule has 0 spiro atoms. The van der Waals surface area contributed by atoms with Gasteiger partial charge in [-0.1, -0.05) is 67.5 Å². The lowest BCUT2D eigenvalue weighted by Gasteiger charge is -2.34. The summed E-state index contributed by atoms with van der Waals surface area (Å²) in [6.07, 6.45) is 15.1. The number of likely N-dealkylation sites (N-methyl/N-ethyl adjacent to an activating group) is 1. The van der Waals surface area contributed by atoms with Crippen LogP contribution >= 0.6 is 0 Å². The van der Waals surface area contributed by atoms with Gasteiger partial charge in [0.1, 0.15) is 0 Å². The molecule has 1 aromatic rings. The topological polar surface area (TPSA) is 60.8 Å². The number of carbonyl (C=O) groups excluding carboxylic acids is 1. The second-order valence-electron chi connectivity index (χ2n) is 9.07. The zero-order valence-corrected chi connectivity index (χ0v) is 19.6. The van der Waals surface area contributed by atoms with Gasteiger partial charge in [0.15, 0.2) is 11.5 Å². The van der Waals surface area contributed by atoms with Crippen LogP contribution in [-0.2, 0) is 4.79 Å². The molecule has 2 N–H and O–H groups in total. The van der Waals surface area contributed by atoms with E-state index in [-0.39, 0.29) is 22.8 Å². The van der Waals surface area contributed by atoms with Gasteiger partial charge in [0, 0.05) is 19.7 Å². The number of allylic oxidation sites excluding steroid dienone is 8. The number of nitrogens with zero attached hydrogens (tertiary/aromatic N) is 1. The highest BCUT2D eigenvalue weighted by Gasteiger charge is 2.31. The van der Waals surface area contributed by atoms with Crippen LogP contribution in [0.3, 0.4) is 0 Å². The Kier molecular flexibility index (Phi) is 8.09. The second-order valence-corrected chi connectivity index (χ2v) is 9.07. The predicted molar refractivity (Wildman–Crippen MR) is 129 cm³/mol. The first kappa shape index (κ1) is 24.3. The molecule has 4 nitrogen and oxygen atoms in total. The molecule has 0 radical (unpaired) electrons. The fourth-order valence-corrected chi connectivity index (χ4v) is 3.77. The number of hydrogen-bond acceptors (Lipinski definition) is 3. The first-order valence-corrected chi connectivity index (χ1v) is 10.7. The summed E-state index contributed by atoms with van der Waals surface area (Å²) < 4.78 is 0. The molecule has 0 aliphatic heterocycles. The van der Waals surface area contributed by atoms with Crippen LogP contribution in [-0.4, -0.2) is 35.1 Å². The molecule has 0 heterocycles. The molecule has 1 aromatic carbocycles. The van der Waals surface area contributed by atoms with Gasteiger partial charge in [0.25, 0.3) is 0 Å². The van der Waals surface area contributed by atoms with E-state index in [0.717, 1.165) is 47.1 Å². The zero-order valence-electron chi connectivity index (χ0n) is 19.6. The van der Waals surface area contributed by atoms with Crippen LogP contribution in [0, 0.1) is 5.41 Å². The van der Waals surface area contributed by atoms with E-state index in [1.807, 2.05) is 52.2 Å². The summed E-state index contributed by atoms with van der Waals surface area (Å²) in [7, 11) is 3.62. The minimum Gasteiger partial charge on any atom is -0.504 e. The van der Waals surface area contributed by atoms with Gasteiger partial charge in [-0.15, -0.1) is 0 Å². The van der Waals surface area contributed by atoms with Crippen molar-refractivity contribution < 1.29 is 15.0 Å². The third-order valence-corrected chi connectivity index (χ3v) is 5.57. The van der Waals surface area contributed by atoms with Crippen LogP contribution in [0.5, 0.6) is 11.5 Å². The van der Waals surface area contributed by atoms with Crippen molar-refractivity contribution in [2.45, 2.75) is 47.0 Å². The summed E-state index contributed by atoms with van der Waals surface area (Å²) in [6, 6.07) is 4.76. The maximum Gasteiger partial charge on any atom is 0.249 e. The van der Waals surface area contributed by atoms with Crippen molar-refractivity contribution in [2.24, 2.45) is 5.41 Å². The Morgan fingerprint density at radius 2 is 1.77 bits per heavy atom. The van der Waals surface area contributed by atoms with Crippen LogP contribution in [0.1, 0.15) is 52.5 Å². The fourth-order valence-electron chi connectivity index (χ4n) is 3.77. The third kappa shape index (κ3) is 6.74. The van der Waals surface area contributed by atoms with Gasteiger partial charge >= 0.3 is 0 Å². The smallest absolute Gasteiger partial charge is 0.249 e. The van der Waals surface area contributed by atoms with E-state index < -0.39 is 0 Å². The average molecular weight is 422 g/mol. The van der Waals surface area contributed by atoms with Crippen molar-refractivity contribution >= 4 is 12.0 Å². The van der Waals surface area contributed by atoms with Gasteiger partial charge in [-0.2, -0.15) is 0 Å². The van der Waals surface area contributed by atoms with Crippen LogP contribution in [0.25, 0.3) is 6.08 Å². The third-order valence-electron chi connectivity index (χ3n) is 5.57. The lowest BCUT2D eigenvalue weighted by molar-refractivity contribution is -0.125. The maximum absolute atomic E-state index is 12.7. The Hall–Kier alpha value is -3.01. The summed E-state index contributed by atoms with van der Waals surface area (Å²) in [5.41, 5.74) is 4.99. The summed E-state index contributed by atoms with van der Waals surface area (Å²) in [6.45, 7) is 8.45. The highest BCUT2D eigenvalue weighted by molar-refractivity contribution is 5.94. The summed E-state index contributed by atoms with van der Waals surface area (Å²) >= 11 is 0. The van der Waals surface area contributed by atoms with Crippen molar-refractivity contribution in [2.75, 3.05) is 14.1 Å². The monoisotopic (exact) mass is 421 g/mol. The minimum atomic E-state index is -0.126. The Morgan fingerprint density at radius 3 is 2.42 bits per heavy atom. The Morgan fingerprint density at radius 1 is 1.06 bits per heavy atom. The number of aromatic hydroxyl groups is 2. The molecule has 4 heteroatoms. The number of carbonyl (C=O) groups is 1. The molecule has 0 saturated heterocycles. The SMILES string of the molecule is CC(/C=C/C1=C(C(=O)N(C)C)CCCC1(C)C)=C\C=C\C(C)=C\c1ccc(O)c(O)c1. The minimum absolute atomic E-state index is 0.0130. The highest BCUT2D eigenvalue weighted by atomic mass is 16.3. The highest BCUT2D eigenvalue weighted by Crippen LogP contribution is 2.41. The molecule has 0 aromatic heterocycles. The van der Waals surface area contributed by atoms with E-state index in [1.54, 1.807) is 11.0 Å². The van der Waals surface area contributed by atoms with E-state index in [0.29, 0.717) is 0 Å². The molecule has 0 saturated carbocycles. The maximum atomic E-state index is 12.7. The van der Waals surface area contributed by atoms with Gasteiger partial charge in [0.2, 0.25) is 5.91 Å². The Balaban J connectivity index is 2.18. The lowest BCUT2D eigenvalue weighted by atomic mass is 9.72. The first-order chi connectivity index (χ1) is 14.5. The standard InChI is InChI=1S/C27H35NO3/c1-19(9-7-10-20(2)17-21-13-15-24(29)25(30)18-21)12-14-23-22(26(31)28(5)6)11-8-16-27(23,3)4/h7,9-10,12-15,17-18,29-30H,8,11,16H2,1-6H3/b10-7+,14-12+,19-9+,20-17+. The molecular formula is C27H35NO3. The van der Waals surface area contributed by atoms with Crippen LogP contribution in [0.15, 0.2) is 70.9 Å². The molecule has 1 amide bonds. The van der Waals surface area contributed by atoms with Crippen LogP contribution in [0.4, 0.5) is 0 Å². The lowest BCUT2D eigenvalue weighted by Crippen LogP contribution is -2.30. The molecule has 0 atom stereocenters. The first-order valence-electron chi connectivity index (χ1n) is 10.7. The van der Waals surface area contributed by atoms with Gasteiger partial charge in [-0.05, 0) is 61.8 Å². The number of phenols is 2. The Bertz CT molecular complexity index is 972. The average Bonchev–Trinajstić information content (AvgIpc) is 2.68. The van der Waals surface area contributed by atoms with E-state index >= 15 is 0 Å². The van der Waals surface area contributed by atoms with Crippen molar-refractivity contribution in [3.05, 3.63) is 76.4 Å². The van der Waals surface area contributed by atoms with Crippen LogP contribution < -0.4 is 0 Å². The quantitative estimate of drug-likeness (QED) is 0.427. The molecule has 1 aliphatic carbocycles. The number of hydrogen-bond donors (Lipinski definition) is 2. The predicted octanol–water partition coefficient (Wildman–Crippen LogP) is 6.15. The number of benzene rings is 1. The molecular weight excluding hydrogens is 386 g/mol. The molecule has 2 rings (SSSR count). The fraction of sp³-hybridized carbons (Fsp3) is 0.370. The van der Waals surface area contributed by atoms with E-state index in [2.05, 4.69) is 26.0 Å². The molecule has 1 aliphatic rings. The van der Waals surface area contributed by atoms with Crippen molar-refractivity contribution in [3.8, 4) is 11.5 Å².